The van der Waals surface area contributed by atoms with E-state index in [9.17, 15) is 9.59 Å². The van der Waals surface area contributed by atoms with Crippen LogP contribution >= 0.6 is 0 Å². The number of aldehydes is 1. The van der Waals surface area contributed by atoms with Crippen molar-refractivity contribution < 1.29 is 9.59 Å². The number of benzene rings is 1. The molecule has 1 heterocycles. The average Bonchev–Trinajstić information content (AvgIpc) is 2.63. The van der Waals surface area contributed by atoms with Gasteiger partial charge in [-0.2, -0.15) is 0 Å². The van der Waals surface area contributed by atoms with Crippen molar-refractivity contribution in [2.75, 3.05) is 5.32 Å². The highest BCUT2D eigenvalue weighted by atomic mass is 16.1. The van der Waals surface area contributed by atoms with E-state index in [0.717, 1.165) is 22.9 Å². The fraction of sp³-hybridized carbons (Fsp3) is 0.375. The van der Waals surface area contributed by atoms with E-state index in [1.165, 1.54) is 0 Å². The molecule has 0 aliphatic carbocycles. The van der Waals surface area contributed by atoms with Crippen LogP contribution in [-0.2, 0) is 11.8 Å². The second-order valence-corrected chi connectivity index (χ2v) is 6.31. The molecule has 0 aliphatic heterocycles. The van der Waals surface area contributed by atoms with E-state index < -0.39 is 0 Å². The monoisotopic (exact) mass is 272 g/mol. The Labute approximate surface area is 118 Å². The lowest BCUT2D eigenvalue weighted by molar-refractivity contribution is -0.117. The first kappa shape index (κ1) is 14.3. The van der Waals surface area contributed by atoms with Gasteiger partial charge in [0.15, 0.2) is 6.29 Å². The van der Waals surface area contributed by atoms with E-state index in [2.05, 4.69) is 5.32 Å². The van der Waals surface area contributed by atoms with Gasteiger partial charge in [0.25, 0.3) is 0 Å². The summed E-state index contributed by atoms with van der Waals surface area (Å²) >= 11 is 0. The number of carbonyl (C=O) groups is 2. The lowest BCUT2D eigenvalue weighted by atomic mass is 9.92. The molecule has 4 nitrogen and oxygen atoms in total. The predicted molar refractivity (Wildman–Crippen MR) is 81.0 cm³/mol. The van der Waals surface area contributed by atoms with Gasteiger partial charge in [-0.25, -0.2) is 0 Å². The number of amides is 1. The summed E-state index contributed by atoms with van der Waals surface area (Å²) in [5.41, 5.74) is 2.32. The van der Waals surface area contributed by atoms with E-state index in [1.807, 2.05) is 56.7 Å². The Morgan fingerprint density at radius 2 is 2.00 bits per heavy atom. The summed E-state index contributed by atoms with van der Waals surface area (Å²) in [6.45, 7) is 6.09. The second kappa shape index (κ2) is 5.12. The van der Waals surface area contributed by atoms with Crippen molar-refractivity contribution in [2.24, 2.45) is 12.5 Å². The molecule has 1 aromatic heterocycles. The molecule has 0 atom stereocenters. The van der Waals surface area contributed by atoms with Crippen molar-refractivity contribution >= 4 is 28.8 Å². The highest BCUT2D eigenvalue weighted by molar-refractivity contribution is 5.95. The number of aryl methyl sites for hydroxylation is 1. The summed E-state index contributed by atoms with van der Waals surface area (Å²) in [6, 6.07) is 7.48. The topological polar surface area (TPSA) is 51.1 Å². The Hall–Kier alpha value is -2.10. The number of anilines is 1. The minimum atomic E-state index is -0.0361. The Bertz CT molecular complexity index is 663. The van der Waals surface area contributed by atoms with Gasteiger partial charge in [0.1, 0.15) is 0 Å². The number of hydrogen-bond donors (Lipinski definition) is 1. The quantitative estimate of drug-likeness (QED) is 0.871. The van der Waals surface area contributed by atoms with Crippen LogP contribution in [0.25, 0.3) is 10.9 Å². The average molecular weight is 272 g/mol. The molecule has 2 aromatic rings. The van der Waals surface area contributed by atoms with Gasteiger partial charge in [-0.05, 0) is 29.7 Å². The maximum Gasteiger partial charge on any atom is 0.224 e. The molecule has 0 bridgehead atoms. The Morgan fingerprint density at radius 3 is 2.60 bits per heavy atom. The molecule has 0 radical (unpaired) electrons. The fourth-order valence-corrected chi connectivity index (χ4v) is 2.25. The molecule has 4 heteroatoms. The molecule has 106 valence electrons. The van der Waals surface area contributed by atoms with Gasteiger partial charge in [0.2, 0.25) is 5.91 Å². The molecule has 20 heavy (non-hydrogen) atoms. The van der Waals surface area contributed by atoms with Crippen LogP contribution in [0.2, 0.25) is 0 Å². The molecule has 0 spiro atoms. The third kappa shape index (κ3) is 3.07. The molecular weight excluding hydrogens is 252 g/mol. The molecule has 1 amide bonds. The number of hydrogen-bond acceptors (Lipinski definition) is 2. The van der Waals surface area contributed by atoms with Gasteiger partial charge in [-0.3, -0.25) is 9.59 Å². The first-order chi connectivity index (χ1) is 9.30. The fourth-order valence-electron chi connectivity index (χ4n) is 2.25. The van der Waals surface area contributed by atoms with Gasteiger partial charge >= 0.3 is 0 Å². The third-order valence-electron chi connectivity index (χ3n) is 3.17. The van der Waals surface area contributed by atoms with E-state index in [1.54, 1.807) is 0 Å². The van der Waals surface area contributed by atoms with Gasteiger partial charge in [-0.1, -0.05) is 20.8 Å². The first-order valence-electron chi connectivity index (χ1n) is 6.65. The molecule has 1 aromatic carbocycles. The number of nitrogens with zero attached hydrogens (tertiary/aromatic N) is 1. The highest BCUT2D eigenvalue weighted by Gasteiger charge is 2.16. The van der Waals surface area contributed by atoms with Crippen LogP contribution in [0.4, 0.5) is 5.69 Å². The zero-order valence-corrected chi connectivity index (χ0v) is 12.4. The van der Waals surface area contributed by atoms with Crippen LogP contribution in [0.3, 0.4) is 0 Å². The van der Waals surface area contributed by atoms with Crippen LogP contribution < -0.4 is 5.32 Å². The number of aromatic nitrogens is 1. The largest absolute Gasteiger partial charge is 0.341 e. The highest BCUT2D eigenvalue weighted by Crippen LogP contribution is 2.23. The van der Waals surface area contributed by atoms with Gasteiger partial charge in [-0.15, -0.1) is 0 Å². The third-order valence-corrected chi connectivity index (χ3v) is 3.17. The van der Waals surface area contributed by atoms with Crippen molar-refractivity contribution in [3.8, 4) is 0 Å². The first-order valence-corrected chi connectivity index (χ1v) is 6.65. The Morgan fingerprint density at radius 1 is 1.30 bits per heavy atom. The van der Waals surface area contributed by atoms with E-state index in [-0.39, 0.29) is 11.3 Å². The summed E-state index contributed by atoms with van der Waals surface area (Å²) in [4.78, 5) is 22.8. The summed E-state index contributed by atoms with van der Waals surface area (Å²) < 4.78 is 1.84. The van der Waals surface area contributed by atoms with Crippen molar-refractivity contribution in [3.05, 3.63) is 30.0 Å². The Kier molecular flexibility index (Phi) is 3.66. The summed E-state index contributed by atoms with van der Waals surface area (Å²) in [6.07, 6.45) is 1.30. The molecule has 1 N–H and O–H groups in total. The molecule has 0 aliphatic rings. The summed E-state index contributed by atoms with van der Waals surface area (Å²) in [5.74, 6) is 0.00314. The normalized spacial score (nSPS) is 11.6. The lowest BCUT2D eigenvalue weighted by Crippen LogP contribution is -2.19. The number of nitrogens with one attached hydrogen (secondary N) is 1. The van der Waals surface area contributed by atoms with Crippen molar-refractivity contribution in [3.63, 3.8) is 0 Å². The standard InChI is InChI=1S/C16H20N2O2/c1-16(2,3)9-15(20)17-12-5-6-14-11(7-12)8-13(10-19)18(14)4/h5-8,10H,9H2,1-4H3,(H,17,20). The van der Waals surface area contributed by atoms with Gasteiger partial charge < -0.3 is 9.88 Å². The molecule has 0 fully saturated rings. The molecule has 0 saturated carbocycles. The minimum absolute atomic E-state index is 0.00314. The maximum atomic E-state index is 11.9. The number of carbonyl (C=O) groups excluding carboxylic acids is 2. The van der Waals surface area contributed by atoms with Crippen LogP contribution in [0.15, 0.2) is 24.3 Å². The number of rotatable bonds is 3. The molecule has 2 rings (SSSR count). The maximum absolute atomic E-state index is 11.9. The van der Waals surface area contributed by atoms with E-state index >= 15 is 0 Å². The van der Waals surface area contributed by atoms with Crippen LogP contribution in [0.1, 0.15) is 37.7 Å². The van der Waals surface area contributed by atoms with Gasteiger partial charge in [0.05, 0.1) is 5.69 Å². The van der Waals surface area contributed by atoms with Crippen molar-refractivity contribution in [1.29, 1.82) is 0 Å². The van der Waals surface area contributed by atoms with Crippen molar-refractivity contribution in [2.45, 2.75) is 27.2 Å². The van der Waals surface area contributed by atoms with E-state index in [4.69, 9.17) is 0 Å². The van der Waals surface area contributed by atoms with Crippen molar-refractivity contribution in [1.82, 2.24) is 4.57 Å². The summed E-state index contributed by atoms with van der Waals surface area (Å²) in [7, 11) is 1.85. The zero-order valence-electron chi connectivity index (χ0n) is 12.4. The summed E-state index contributed by atoms with van der Waals surface area (Å²) in [5, 5.41) is 3.85. The molecule has 0 saturated heterocycles. The van der Waals surface area contributed by atoms with Gasteiger partial charge in [0, 0.05) is 30.1 Å². The van der Waals surface area contributed by atoms with E-state index in [0.29, 0.717) is 12.1 Å². The second-order valence-electron chi connectivity index (χ2n) is 6.31. The smallest absolute Gasteiger partial charge is 0.224 e. The van der Waals surface area contributed by atoms with Crippen LogP contribution in [0, 0.1) is 5.41 Å². The number of fused-ring (bicyclic) bond motifs is 1. The van der Waals surface area contributed by atoms with Crippen LogP contribution in [-0.4, -0.2) is 16.8 Å². The Balaban J connectivity index is 2.24. The lowest BCUT2D eigenvalue weighted by Gasteiger charge is -2.17. The minimum Gasteiger partial charge on any atom is -0.341 e. The predicted octanol–water partition coefficient (Wildman–Crippen LogP) is 3.37. The molecular formula is C16H20N2O2. The molecule has 0 unspecified atom stereocenters. The zero-order chi connectivity index (χ0) is 14.9. The SMILES string of the molecule is Cn1c(C=O)cc2cc(NC(=O)CC(C)(C)C)ccc21. The van der Waals surface area contributed by atoms with Crippen LogP contribution in [0.5, 0.6) is 0 Å².